The number of phenolic OH excluding ortho intramolecular Hbond substituents is 1. The SMILES string of the molecule is Cc1ccc(NCCCNC(=O)c2cc(-c3ccc(O)cc3)n[nH]2)nc1. The van der Waals surface area contributed by atoms with E-state index >= 15 is 0 Å². The number of aromatic amines is 1. The number of aryl methyl sites for hydroxylation is 1. The van der Waals surface area contributed by atoms with E-state index in [4.69, 9.17) is 0 Å². The second-order valence-electron chi connectivity index (χ2n) is 5.97. The standard InChI is InChI=1S/C19H21N5O2/c1-13-3-8-18(22-12-13)20-9-2-10-21-19(26)17-11-16(23-24-17)14-4-6-15(25)7-5-14/h3-8,11-12,25H,2,9-10H2,1H3,(H,20,22)(H,21,26)(H,23,24). The lowest BCUT2D eigenvalue weighted by molar-refractivity contribution is 0.0948. The maximum absolute atomic E-state index is 12.2. The van der Waals surface area contributed by atoms with E-state index in [0.717, 1.165) is 29.9 Å². The molecule has 0 saturated carbocycles. The molecule has 0 atom stereocenters. The minimum Gasteiger partial charge on any atom is -0.508 e. The Labute approximate surface area is 151 Å². The molecular weight excluding hydrogens is 330 g/mol. The summed E-state index contributed by atoms with van der Waals surface area (Å²) < 4.78 is 0. The van der Waals surface area contributed by atoms with Gasteiger partial charge in [0.15, 0.2) is 0 Å². The van der Waals surface area contributed by atoms with Crippen LogP contribution in [-0.4, -0.2) is 39.3 Å². The van der Waals surface area contributed by atoms with Crippen LogP contribution in [0.4, 0.5) is 5.82 Å². The van der Waals surface area contributed by atoms with Gasteiger partial charge in [-0.25, -0.2) is 4.98 Å². The molecule has 0 unspecified atom stereocenters. The van der Waals surface area contributed by atoms with Gasteiger partial charge in [0.2, 0.25) is 0 Å². The number of nitrogens with one attached hydrogen (secondary N) is 3. The number of phenols is 1. The molecule has 3 aromatic rings. The van der Waals surface area contributed by atoms with Crippen molar-refractivity contribution in [1.29, 1.82) is 0 Å². The molecule has 2 heterocycles. The highest BCUT2D eigenvalue weighted by Crippen LogP contribution is 2.20. The number of aromatic hydroxyl groups is 1. The Morgan fingerprint density at radius 3 is 2.69 bits per heavy atom. The number of benzene rings is 1. The number of carbonyl (C=O) groups is 1. The third-order valence-corrected chi connectivity index (χ3v) is 3.84. The maximum Gasteiger partial charge on any atom is 0.269 e. The van der Waals surface area contributed by atoms with Gasteiger partial charge in [0.05, 0.1) is 5.69 Å². The molecule has 0 fully saturated rings. The molecular formula is C19H21N5O2. The third kappa shape index (κ3) is 4.60. The average molecular weight is 351 g/mol. The molecule has 2 aromatic heterocycles. The fourth-order valence-electron chi connectivity index (χ4n) is 2.39. The number of pyridine rings is 1. The normalized spacial score (nSPS) is 10.5. The molecule has 134 valence electrons. The number of rotatable bonds is 7. The molecule has 1 amide bonds. The predicted molar refractivity (Wildman–Crippen MR) is 100 cm³/mol. The van der Waals surface area contributed by atoms with Gasteiger partial charge in [0, 0.05) is 24.8 Å². The number of nitrogens with zero attached hydrogens (tertiary/aromatic N) is 2. The number of hydrogen-bond acceptors (Lipinski definition) is 5. The average Bonchev–Trinajstić information content (AvgIpc) is 3.14. The lowest BCUT2D eigenvalue weighted by Gasteiger charge is -2.06. The van der Waals surface area contributed by atoms with Crippen molar-refractivity contribution < 1.29 is 9.90 Å². The smallest absolute Gasteiger partial charge is 0.269 e. The second kappa shape index (κ2) is 8.15. The fraction of sp³-hybridized carbons (Fsp3) is 0.211. The highest BCUT2D eigenvalue weighted by Gasteiger charge is 2.10. The van der Waals surface area contributed by atoms with Crippen LogP contribution in [0.25, 0.3) is 11.3 Å². The summed E-state index contributed by atoms with van der Waals surface area (Å²) in [6.07, 6.45) is 2.59. The van der Waals surface area contributed by atoms with E-state index in [2.05, 4.69) is 25.8 Å². The van der Waals surface area contributed by atoms with E-state index in [0.29, 0.717) is 17.9 Å². The molecule has 1 aromatic carbocycles. The summed E-state index contributed by atoms with van der Waals surface area (Å²) in [5.41, 5.74) is 3.01. The van der Waals surface area contributed by atoms with Gasteiger partial charge in [-0.3, -0.25) is 9.89 Å². The molecule has 3 rings (SSSR count). The van der Waals surface area contributed by atoms with Crippen molar-refractivity contribution in [3.8, 4) is 17.0 Å². The first-order valence-electron chi connectivity index (χ1n) is 8.41. The lowest BCUT2D eigenvalue weighted by Crippen LogP contribution is -2.26. The minimum absolute atomic E-state index is 0.191. The van der Waals surface area contributed by atoms with Crippen LogP contribution < -0.4 is 10.6 Å². The Bertz CT molecular complexity index is 856. The Morgan fingerprint density at radius 1 is 1.15 bits per heavy atom. The van der Waals surface area contributed by atoms with Crippen molar-refractivity contribution in [3.63, 3.8) is 0 Å². The van der Waals surface area contributed by atoms with Crippen LogP contribution in [0.3, 0.4) is 0 Å². The molecule has 0 aliphatic carbocycles. The Hall–Kier alpha value is -3.35. The maximum atomic E-state index is 12.2. The summed E-state index contributed by atoms with van der Waals surface area (Å²) in [5.74, 6) is 0.821. The van der Waals surface area contributed by atoms with Gasteiger partial charge in [0.1, 0.15) is 17.3 Å². The molecule has 0 saturated heterocycles. The number of anilines is 1. The van der Waals surface area contributed by atoms with Gasteiger partial charge in [-0.15, -0.1) is 0 Å². The zero-order valence-corrected chi connectivity index (χ0v) is 14.5. The van der Waals surface area contributed by atoms with Gasteiger partial charge in [-0.05, 0) is 55.3 Å². The first-order chi connectivity index (χ1) is 12.6. The number of hydrogen-bond donors (Lipinski definition) is 4. The Morgan fingerprint density at radius 2 is 1.96 bits per heavy atom. The number of H-pyrrole nitrogens is 1. The van der Waals surface area contributed by atoms with Gasteiger partial charge in [-0.1, -0.05) is 6.07 Å². The molecule has 0 radical (unpaired) electrons. The van der Waals surface area contributed by atoms with Crippen molar-refractivity contribution in [1.82, 2.24) is 20.5 Å². The molecule has 0 aliphatic rings. The van der Waals surface area contributed by atoms with E-state index in [-0.39, 0.29) is 11.7 Å². The topological polar surface area (TPSA) is 103 Å². The van der Waals surface area contributed by atoms with E-state index < -0.39 is 0 Å². The Kier molecular flexibility index (Phi) is 5.48. The Balaban J connectivity index is 1.43. The van der Waals surface area contributed by atoms with Crippen molar-refractivity contribution in [2.75, 3.05) is 18.4 Å². The zero-order chi connectivity index (χ0) is 18.4. The van der Waals surface area contributed by atoms with E-state index in [1.54, 1.807) is 30.3 Å². The van der Waals surface area contributed by atoms with Crippen LogP contribution in [0.5, 0.6) is 5.75 Å². The molecule has 7 heteroatoms. The summed E-state index contributed by atoms with van der Waals surface area (Å²) >= 11 is 0. The first-order valence-corrected chi connectivity index (χ1v) is 8.41. The highest BCUT2D eigenvalue weighted by atomic mass is 16.3. The number of amides is 1. The molecule has 4 N–H and O–H groups in total. The highest BCUT2D eigenvalue weighted by molar-refractivity contribution is 5.93. The van der Waals surface area contributed by atoms with E-state index in [1.165, 1.54) is 0 Å². The minimum atomic E-state index is -0.198. The van der Waals surface area contributed by atoms with Crippen molar-refractivity contribution in [2.45, 2.75) is 13.3 Å². The molecule has 26 heavy (non-hydrogen) atoms. The summed E-state index contributed by atoms with van der Waals surface area (Å²) in [6.45, 7) is 3.26. The van der Waals surface area contributed by atoms with Crippen molar-refractivity contribution in [2.24, 2.45) is 0 Å². The molecule has 0 spiro atoms. The lowest BCUT2D eigenvalue weighted by atomic mass is 10.1. The first kappa shape index (κ1) is 17.5. The van der Waals surface area contributed by atoms with Crippen LogP contribution >= 0.6 is 0 Å². The van der Waals surface area contributed by atoms with Crippen molar-refractivity contribution >= 4 is 11.7 Å². The van der Waals surface area contributed by atoms with Gasteiger partial charge in [-0.2, -0.15) is 5.10 Å². The predicted octanol–water partition coefficient (Wildman–Crippen LogP) is 2.72. The van der Waals surface area contributed by atoms with Crippen LogP contribution in [0, 0.1) is 6.92 Å². The largest absolute Gasteiger partial charge is 0.508 e. The molecule has 0 aliphatic heterocycles. The summed E-state index contributed by atoms with van der Waals surface area (Å²) in [6, 6.07) is 12.3. The van der Waals surface area contributed by atoms with Gasteiger partial charge < -0.3 is 15.7 Å². The van der Waals surface area contributed by atoms with E-state index in [1.807, 2.05) is 25.3 Å². The fourth-order valence-corrected chi connectivity index (χ4v) is 2.39. The van der Waals surface area contributed by atoms with Crippen LogP contribution in [0.15, 0.2) is 48.7 Å². The number of carbonyl (C=O) groups excluding carboxylic acids is 1. The molecule has 7 nitrogen and oxygen atoms in total. The summed E-state index contributed by atoms with van der Waals surface area (Å²) in [5, 5.41) is 22.3. The zero-order valence-electron chi connectivity index (χ0n) is 14.5. The summed E-state index contributed by atoms with van der Waals surface area (Å²) in [4.78, 5) is 16.4. The van der Waals surface area contributed by atoms with Crippen molar-refractivity contribution in [3.05, 3.63) is 59.9 Å². The summed E-state index contributed by atoms with van der Waals surface area (Å²) in [7, 11) is 0. The number of aromatic nitrogens is 3. The van der Waals surface area contributed by atoms with Gasteiger partial charge in [0.25, 0.3) is 5.91 Å². The molecule has 0 bridgehead atoms. The van der Waals surface area contributed by atoms with Crippen LogP contribution in [0.2, 0.25) is 0 Å². The second-order valence-corrected chi connectivity index (χ2v) is 5.97. The van der Waals surface area contributed by atoms with Crippen LogP contribution in [-0.2, 0) is 0 Å². The third-order valence-electron chi connectivity index (χ3n) is 3.84. The quantitative estimate of drug-likeness (QED) is 0.490. The monoisotopic (exact) mass is 351 g/mol. The van der Waals surface area contributed by atoms with E-state index in [9.17, 15) is 9.90 Å². The van der Waals surface area contributed by atoms with Gasteiger partial charge >= 0.3 is 0 Å². The van der Waals surface area contributed by atoms with Crippen LogP contribution in [0.1, 0.15) is 22.5 Å².